The van der Waals surface area contributed by atoms with E-state index in [4.69, 9.17) is 0 Å². The van der Waals surface area contributed by atoms with Crippen molar-refractivity contribution < 1.29 is 4.79 Å². The maximum atomic E-state index is 12.1. The molecule has 2 aromatic rings. The molecule has 0 aliphatic heterocycles. The zero-order chi connectivity index (χ0) is 19.5. The molecule has 0 fully saturated rings. The molecule has 1 aromatic heterocycles. The molecule has 0 saturated heterocycles. The summed E-state index contributed by atoms with van der Waals surface area (Å²) in [5.41, 5.74) is 3.80. The number of hydrogen-bond donors (Lipinski definition) is 3. The van der Waals surface area contributed by atoms with E-state index >= 15 is 0 Å². The van der Waals surface area contributed by atoms with E-state index in [0.29, 0.717) is 24.0 Å². The number of aryl methyl sites for hydroxylation is 2. The summed E-state index contributed by atoms with van der Waals surface area (Å²) >= 11 is 1.36. The summed E-state index contributed by atoms with van der Waals surface area (Å²) in [5.74, 6) is 0.695. The van der Waals surface area contributed by atoms with E-state index in [-0.39, 0.29) is 5.91 Å². The first-order valence-electron chi connectivity index (χ1n) is 9.37. The van der Waals surface area contributed by atoms with Gasteiger partial charge in [-0.1, -0.05) is 30.3 Å². The van der Waals surface area contributed by atoms with Crippen LogP contribution in [0.5, 0.6) is 0 Å². The Morgan fingerprint density at radius 3 is 2.70 bits per heavy atom. The molecule has 1 aromatic carbocycles. The van der Waals surface area contributed by atoms with Gasteiger partial charge >= 0.3 is 0 Å². The normalized spacial score (nSPS) is 12.5. The van der Waals surface area contributed by atoms with Crippen LogP contribution in [0, 0.1) is 6.92 Å². The minimum atomic E-state index is -0.0839. The molecule has 0 spiro atoms. The van der Waals surface area contributed by atoms with Gasteiger partial charge in [0.1, 0.15) is 4.88 Å². The standard InChI is InChI=1S/C20H29N5OS/c1-4-21-20(25-15(2)10-11-17-8-6-5-7-9-17)23-13-12-22-19(26)18-16(3)24-14-27-18/h5-9,14-15H,4,10-13H2,1-3H3,(H,22,26)(H2,21,23,25). The molecule has 0 saturated carbocycles. The van der Waals surface area contributed by atoms with Crippen molar-refractivity contribution >= 4 is 23.2 Å². The van der Waals surface area contributed by atoms with Crippen molar-refractivity contribution in [2.75, 3.05) is 19.6 Å². The first-order valence-corrected chi connectivity index (χ1v) is 10.2. The fraction of sp³-hybridized carbons (Fsp3) is 0.450. The molecular formula is C20H29N5OS. The Hall–Kier alpha value is -2.41. The summed E-state index contributed by atoms with van der Waals surface area (Å²) in [6.07, 6.45) is 2.05. The Morgan fingerprint density at radius 2 is 2.04 bits per heavy atom. The van der Waals surface area contributed by atoms with Gasteiger partial charge in [-0.05, 0) is 39.2 Å². The molecule has 0 aliphatic rings. The van der Waals surface area contributed by atoms with Crippen LogP contribution in [0.1, 0.15) is 41.2 Å². The van der Waals surface area contributed by atoms with Crippen molar-refractivity contribution in [3.63, 3.8) is 0 Å². The van der Waals surface area contributed by atoms with Crippen LogP contribution in [0.25, 0.3) is 0 Å². The molecular weight excluding hydrogens is 358 g/mol. The average Bonchev–Trinajstić information content (AvgIpc) is 3.10. The van der Waals surface area contributed by atoms with E-state index in [2.05, 4.69) is 57.1 Å². The minimum absolute atomic E-state index is 0.0839. The highest BCUT2D eigenvalue weighted by Crippen LogP contribution is 2.11. The van der Waals surface area contributed by atoms with Gasteiger partial charge in [-0.2, -0.15) is 0 Å². The minimum Gasteiger partial charge on any atom is -0.357 e. The van der Waals surface area contributed by atoms with Gasteiger partial charge in [-0.25, -0.2) is 4.98 Å². The predicted molar refractivity (Wildman–Crippen MR) is 113 cm³/mol. The van der Waals surface area contributed by atoms with Crippen LogP contribution in [0.2, 0.25) is 0 Å². The highest BCUT2D eigenvalue weighted by molar-refractivity contribution is 7.11. The summed E-state index contributed by atoms with van der Waals surface area (Å²) in [7, 11) is 0. The zero-order valence-electron chi connectivity index (χ0n) is 16.3. The predicted octanol–water partition coefficient (Wildman–Crippen LogP) is 2.76. The number of carbonyl (C=O) groups excluding carboxylic acids is 1. The quantitative estimate of drug-likeness (QED) is 0.351. The molecule has 7 heteroatoms. The maximum Gasteiger partial charge on any atom is 0.263 e. The van der Waals surface area contributed by atoms with Crippen LogP contribution in [-0.4, -0.2) is 42.5 Å². The number of aromatic nitrogens is 1. The number of guanidine groups is 1. The van der Waals surface area contributed by atoms with E-state index in [1.165, 1.54) is 16.9 Å². The molecule has 6 nitrogen and oxygen atoms in total. The maximum absolute atomic E-state index is 12.1. The molecule has 0 radical (unpaired) electrons. The first kappa shape index (κ1) is 20.9. The molecule has 1 unspecified atom stereocenters. The summed E-state index contributed by atoms with van der Waals surface area (Å²) in [5, 5.41) is 9.58. The number of benzene rings is 1. The largest absolute Gasteiger partial charge is 0.357 e. The lowest BCUT2D eigenvalue weighted by Crippen LogP contribution is -2.42. The fourth-order valence-corrected chi connectivity index (χ4v) is 3.31. The second kappa shape index (κ2) is 11.3. The number of carbonyl (C=O) groups is 1. The zero-order valence-corrected chi connectivity index (χ0v) is 17.1. The second-order valence-electron chi connectivity index (χ2n) is 6.35. The van der Waals surface area contributed by atoms with Crippen LogP contribution < -0.4 is 16.0 Å². The number of amides is 1. The Kier molecular flexibility index (Phi) is 8.77. The van der Waals surface area contributed by atoms with Crippen molar-refractivity contribution in [2.45, 2.75) is 39.7 Å². The molecule has 1 atom stereocenters. The van der Waals surface area contributed by atoms with Gasteiger partial charge in [0.15, 0.2) is 5.96 Å². The molecule has 27 heavy (non-hydrogen) atoms. The molecule has 3 N–H and O–H groups in total. The number of thiazole rings is 1. The van der Waals surface area contributed by atoms with Gasteiger partial charge in [0.05, 0.1) is 17.7 Å². The van der Waals surface area contributed by atoms with Crippen LogP contribution >= 0.6 is 11.3 Å². The first-order chi connectivity index (χ1) is 13.1. The molecule has 0 bridgehead atoms. The third kappa shape index (κ3) is 7.38. The summed E-state index contributed by atoms with van der Waals surface area (Å²) in [6.45, 7) is 7.84. The second-order valence-corrected chi connectivity index (χ2v) is 7.21. The number of hydrogen-bond acceptors (Lipinski definition) is 4. The Morgan fingerprint density at radius 1 is 1.26 bits per heavy atom. The van der Waals surface area contributed by atoms with Gasteiger partial charge in [0.2, 0.25) is 0 Å². The highest BCUT2D eigenvalue weighted by Gasteiger charge is 2.10. The van der Waals surface area contributed by atoms with E-state index in [9.17, 15) is 4.79 Å². The Labute approximate surface area is 165 Å². The van der Waals surface area contributed by atoms with Gasteiger partial charge < -0.3 is 16.0 Å². The van der Waals surface area contributed by atoms with Gasteiger partial charge in [-0.3, -0.25) is 9.79 Å². The van der Waals surface area contributed by atoms with E-state index in [1.807, 2.05) is 19.9 Å². The van der Waals surface area contributed by atoms with Crippen molar-refractivity contribution in [1.82, 2.24) is 20.9 Å². The molecule has 146 valence electrons. The van der Waals surface area contributed by atoms with Crippen molar-refractivity contribution in [3.8, 4) is 0 Å². The third-order valence-electron chi connectivity index (χ3n) is 4.06. The average molecular weight is 388 g/mol. The monoisotopic (exact) mass is 387 g/mol. The molecule has 1 amide bonds. The highest BCUT2D eigenvalue weighted by atomic mass is 32.1. The lowest BCUT2D eigenvalue weighted by Gasteiger charge is -2.18. The van der Waals surface area contributed by atoms with E-state index in [0.717, 1.165) is 31.0 Å². The van der Waals surface area contributed by atoms with Gasteiger partial charge in [0, 0.05) is 19.1 Å². The summed E-state index contributed by atoms with van der Waals surface area (Å²) in [6, 6.07) is 10.8. The van der Waals surface area contributed by atoms with Crippen LogP contribution in [0.15, 0.2) is 40.8 Å². The van der Waals surface area contributed by atoms with E-state index in [1.54, 1.807) is 5.51 Å². The Balaban J connectivity index is 1.75. The number of rotatable bonds is 9. The van der Waals surface area contributed by atoms with Crippen molar-refractivity contribution in [2.24, 2.45) is 4.99 Å². The molecule has 2 rings (SSSR count). The van der Waals surface area contributed by atoms with Crippen LogP contribution in [0.4, 0.5) is 0 Å². The summed E-state index contributed by atoms with van der Waals surface area (Å²) in [4.78, 5) is 21.4. The number of nitrogens with one attached hydrogen (secondary N) is 3. The fourth-order valence-electron chi connectivity index (χ4n) is 2.59. The molecule has 1 heterocycles. The van der Waals surface area contributed by atoms with Crippen molar-refractivity contribution in [1.29, 1.82) is 0 Å². The Bertz CT molecular complexity index is 729. The smallest absolute Gasteiger partial charge is 0.263 e. The third-order valence-corrected chi connectivity index (χ3v) is 4.98. The van der Waals surface area contributed by atoms with Crippen LogP contribution in [0.3, 0.4) is 0 Å². The van der Waals surface area contributed by atoms with Crippen LogP contribution in [-0.2, 0) is 6.42 Å². The SMILES string of the molecule is CCNC(=NCCNC(=O)c1scnc1C)NC(C)CCc1ccccc1. The van der Waals surface area contributed by atoms with E-state index < -0.39 is 0 Å². The summed E-state index contributed by atoms with van der Waals surface area (Å²) < 4.78 is 0. The van der Waals surface area contributed by atoms with Crippen molar-refractivity contribution in [3.05, 3.63) is 52.0 Å². The van der Waals surface area contributed by atoms with Gasteiger partial charge in [0.25, 0.3) is 5.91 Å². The number of nitrogens with zero attached hydrogens (tertiary/aromatic N) is 2. The van der Waals surface area contributed by atoms with Gasteiger partial charge in [-0.15, -0.1) is 11.3 Å². The lowest BCUT2D eigenvalue weighted by molar-refractivity contribution is 0.0958. The lowest BCUT2D eigenvalue weighted by atomic mass is 10.1. The number of aliphatic imine (C=N–C) groups is 1. The molecule has 0 aliphatic carbocycles. The topological polar surface area (TPSA) is 78.4 Å².